The summed E-state index contributed by atoms with van der Waals surface area (Å²) >= 11 is 0. The highest BCUT2D eigenvalue weighted by atomic mass is 19.4. The first-order chi connectivity index (χ1) is 9.05. The first kappa shape index (κ1) is 16.9. The minimum atomic E-state index is -4.78. The molecular weight excluding hydrogens is 282 g/mol. The Morgan fingerprint density at radius 3 is 1.70 bits per heavy atom. The Balaban J connectivity index is 3.24. The Kier molecular flexibility index (Phi) is 5.10. The molecule has 20 heavy (non-hydrogen) atoms. The topological polar surface area (TPSA) is 0 Å². The Bertz CT molecular complexity index is 412. The monoisotopic (exact) mass is 298 g/mol. The number of halogens is 6. The van der Waals surface area contributed by atoms with Crippen LogP contribution in [-0.4, -0.2) is 0 Å². The second-order valence-corrected chi connectivity index (χ2v) is 4.88. The zero-order valence-electron chi connectivity index (χ0n) is 11.2. The summed E-state index contributed by atoms with van der Waals surface area (Å²) in [5.41, 5.74) is -2.41. The number of hydrogen-bond donors (Lipinski definition) is 0. The largest absolute Gasteiger partial charge is 0.416 e. The molecule has 1 rings (SSSR count). The van der Waals surface area contributed by atoms with Crippen molar-refractivity contribution in [1.29, 1.82) is 0 Å². The van der Waals surface area contributed by atoms with E-state index < -0.39 is 23.5 Å². The van der Waals surface area contributed by atoms with Crippen LogP contribution in [0.3, 0.4) is 0 Å². The Labute approximate surface area is 113 Å². The van der Waals surface area contributed by atoms with Gasteiger partial charge in [-0.05, 0) is 36.1 Å². The van der Waals surface area contributed by atoms with E-state index in [0.717, 1.165) is 25.0 Å². The van der Waals surface area contributed by atoms with Crippen LogP contribution in [0.4, 0.5) is 26.3 Å². The molecule has 0 fully saturated rings. The van der Waals surface area contributed by atoms with E-state index in [1.54, 1.807) is 6.92 Å². The van der Waals surface area contributed by atoms with Crippen LogP contribution < -0.4 is 0 Å². The van der Waals surface area contributed by atoms with Crippen LogP contribution in [0.15, 0.2) is 18.2 Å². The zero-order chi connectivity index (χ0) is 15.6. The summed E-state index contributed by atoms with van der Waals surface area (Å²) in [5.74, 6) is -0.335. The molecule has 6 heteroatoms. The van der Waals surface area contributed by atoms with Gasteiger partial charge in [-0.3, -0.25) is 0 Å². The number of benzene rings is 1. The van der Waals surface area contributed by atoms with Gasteiger partial charge in [0.25, 0.3) is 0 Å². The summed E-state index contributed by atoms with van der Waals surface area (Å²) in [6.07, 6.45) is -7.38. The summed E-state index contributed by atoms with van der Waals surface area (Å²) in [4.78, 5) is 0. The van der Waals surface area contributed by atoms with Crippen LogP contribution in [-0.2, 0) is 12.4 Å². The maximum atomic E-state index is 12.7. The molecule has 1 unspecified atom stereocenters. The molecule has 0 bridgehead atoms. The van der Waals surface area contributed by atoms with Crippen molar-refractivity contribution in [2.45, 2.75) is 51.4 Å². The fourth-order valence-corrected chi connectivity index (χ4v) is 1.94. The SMILES string of the molecule is CCCCC(C)c1cc(C(F)(F)F)cc(C(F)(F)F)c1. The van der Waals surface area contributed by atoms with Crippen LogP contribution in [0, 0.1) is 0 Å². The van der Waals surface area contributed by atoms with Crippen molar-refractivity contribution in [2.75, 3.05) is 0 Å². The molecule has 0 saturated carbocycles. The Hall–Kier alpha value is -1.20. The van der Waals surface area contributed by atoms with E-state index in [-0.39, 0.29) is 17.5 Å². The van der Waals surface area contributed by atoms with Gasteiger partial charge in [-0.1, -0.05) is 26.7 Å². The van der Waals surface area contributed by atoms with E-state index >= 15 is 0 Å². The number of rotatable bonds is 4. The van der Waals surface area contributed by atoms with Gasteiger partial charge >= 0.3 is 12.4 Å². The van der Waals surface area contributed by atoms with E-state index in [9.17, 15) is 26.3 Å². The van der Waals surface area contributed by atoms with Crippen molar-refractivity contribution >= 4 is 0 Å². The molecule has 1 aromatic rings. The molecule has 1 atom stereocenters. The molecular formula is C14H16F6. The average molecular weight is 298 g/mol. The standard InChI is InChI=1S/C14H16F6/c1-3-4-5-9(2)10-6-11(13(15,16)17)8-12(7-10)14(18,19)20/h6-9H,3-5H2,1-2H3. The van der Waals surface area contributed by atoms with Gasteiger partial charge < -0.3 is 0 Å². The maximum absolute atomic E-state index is 12.7. The molecule has 0 aliphatic carbocycles. The number of hydrogen-bond acceptors (Lipinski definition) is 0. The summed E-state index contributed by atoms with van der Waals surface area (Å²) in [5, 5.41) is 0. The summed E-state index contributed by atoms with van der Waals surface area (Å²) in [6, 6.07) is 1.79. The predicted molar refractivity (Wildman–Crippen MR) is 64.4 cm³/mol. The number of unbranched alkanes of at least 4 members (excludes halogenated alkanes) is 1. The molecule has 0 aromatic heterocycles. The van der Waals surface area contributed by atoms with Crippen LogP contribution >= 0.6 is 0 Å². The fourth-order valence-electron chi connectivity index (χ4n) is 1.94. The van der Waals surface area contributed by atoms with E-state index in [4.69, 9.17) is 0 Å². The minimum absolute atomic E-state index is 0.0839. The molecule has 0 aliphatic rings. The molecule has 0 radical (unpaired) electrons. The van der Waals surface area contributed by atoms with Crippen molar-refractivity contribution in [3.8, 4) is 0 Å². The molecule has 0 N–H and O–H groups in total. The lowest BCUT2D eigenvalue weighted by molar-refractivity contribution is -0.143. The lowest BCUT2D eigenvalue weighted by Crippen LogP contribution is -2.12. The normalized spacial score (nSPS) is 14.4. The third-order valence-electron chi connectivity index (χ3n) is 3.17. The van der Waals surface area contributed by atoms with Gasteiger partial charge in [0.05, 0.1) is 11.1 Å². The Morgan fingerprint density at radius 2 is 1.35 bits per heavy atom. The maximum Gasteiger partial charge on any atom is 0.416 e. The molecule has 1 aromatic carbocycles. The first-order valence-electron chi connectivity index (χ1n) is 6.35. The molecule has 0 spiro atoms. The van der Waals surface area contributed by atoms with E-state index in [2.05, 4.69) is 0 Å². The van der Waals surface area contributed by atoms with Gasteiger partial charge in [-0.15, -0.1) is 0 Å². The predicted octanol–water partition coefficient (Wildman–Crippen LogP) is 6.02. The highest BCUT2D eigenvalue weighted by Gasteiger charge is 2.37. The summed E-state index contributed by atoms with van der Waals surface area (Å²) < 4.78 is 76.1. The van der Waals surface area contributed by atoms with Crippen LogP contribution in [0.5, 0.6) is 0 Å². The lowest BCUT2D eigenvalue weighted by Gasteiger charge is -2.17. The second-order valence-electron chi connectivity index (χ2n) is 4.88. The third-order valence-corrected chi connectivity index (χ3v) is 3.17. The van der Waals surface area contributed by atoms with E-state index in [0.29, 0.717) is 6.42 Å². The fraction of sp³-hybridized carbons (Fsp3) is 0.571. The summed E-state index contributed by atoms with van der Waals surface area (Å²) in [6.45, 7) is 3.56. The van der Waals surface area contributed by atoms with Crippen LogP contribution in [0.25, 0.3) is 0 Å². The second kappa shape index (κ2) is 6.06. The van der Waals surface area contributed by atoms with Gasteiger partial charge in [-0.2, -0.15) is 26.3 Å². The summed E-state index contributed by atoms with van der Waals surface area (Å²) in [7, 11) is 0. The van der Waals surface area contributed by atoms with Crippen molar-refractivity contribution in [3.63, 3.8) is 0 Å². The Morgan fingerprint density at radius 1 is 0.900 bits per heavy atom. The molecule has 0 amide bonds. The highest BCUT2D eigenvalue weighted by Crippen LogP contribution is 2.38. The van der Waals surface area contributed by atoms with Gasteiger partial charge in [-0.25, -0.2) is 0 Å². The average Bonchev–Trinajstić information content (AvgIpc) is 2.33. The van der Waals surface area contributed by atoms with Gasteiger partial charge in [0.15, 0.2) is 0 Å². The van der Waals surface area contributed by atoms with Gasteiger partial charge in [0.2, 0.25) is 0 Å². The molecule has 0 heterocycles. The van der Waals surface area contributed by atoms with Crippen molar-refractivity contribution < 1.29 is 26.3 Å². The lowest BCUT2D eigenvalue weighted by atomic mass is 9.92. The third kappa shape index (κ3) is 4.42. The molecule has 0 saturated heterocycles. The molecule has 114 valence electrons. The van der Waals surface area contributed by atoms with Gasteiger partial charge in [0, 0.05) is 0 Å². The van der Waals surface area contributed by atoms with Crippen molar-refractivity contribution in [1.82, 2.24) is 0 Å². The van der Waals surface area contributed by atoms with Crippen molar-refractivity contribution in [3.05, 3.63) is 34.9 Å². The van der Waals surface area contributed by atoms with Crippen LogP contribution in [0.1, 0.15) is 55.7 Å². The van der Waals surface area contributed by atoms with Crippen LogP contribution in [0.2, 0.25) is 0 Å². The molecule has 0 nitrogen and oxygen atoms in total. The highest BCUT2D eigenvalue weighted by molar-refractivity contribution is 5.35. The minimum Gasteiger partial charge on any atom is -0.166 e. The van der Waals surface area contributed by atoms with Crippen molar-refractivity contribution in [2.24, 2.45) is 0 Å². The van der Waals surface area contributed by atoms with E-state index in [1.807, 2.05) is 6.92 Å². The van der Waals surface area contributed by atoms with E-state index in [1.165, 1.54) is 0 Å². The molecule has 0 aliphatic heterocycles. The number of alkyl halides is 6. The first-order valence-corrected chi connectivity index (χ1v) is 6.35. The zero-order valence-corrected chi connectivity index (χ0v) is 11.2. The quantitative estimate of drug-likeness (QED) is 0.596. The van der Waals surface area contributed by atoms with Gasteiger partial charge in [0.1, 0.15) is 0 Å². The smallest absolute Gasteiger partial charge is 0.166 e.